The lowest BCUT2D eigenvalue weighted by Crippen LogP contribution is -2.40. The highest BCUT2D eigenvalue weighted by Gasteiger charge is 2.37. The fourth-order valence-corrected chi connectivity index (χ4v) is 1.04. The maximum Gasteiger partial charge on any atom is 0.417 e. The second kappa shape index (κ2) is 2.53. The third-order valence-corrected chi connectivity index (χ3v) is 1.92. The van der Waals surface area contributed by atoms with E-state index in [4.69, 9.17) is 9.84 Å². The molecule has 11 heavy (non-hydrogen) atoms. The number of ether oxygens (including phenoxy) is 1. The van der Waals surface area contributed by atoms with Crippen molar-refractivity contribution in [3.8, 4) is 0 Å². The first-order valence-corrected chi connectivity index (χ1v) is 3.50. The number of carboxylic acid groups (broad SMARTS) is 1. The summed E-state index contributed by atoms with van der Waals surface area (Å²) in [5.74, 6) is -2.66. The van der Waals surface area contributed by atoms with E-state index in [2.05, 4.69) is 0 Å². The van der Waals surface area contributed by atoms with E-state index in [9.17, 15) is 9.59 Å². The van der Waals surface area contributed by atoms with Crippen molar-refractivity contribution in [2.24, 2.45) is 0 Å². The smallest absolute Gasteiger partial charge is 0.417 e. The van der Waals surface area contributed by atoms with Crippen LogP contribution in [0.25, 0.3) is 0 Å². The molecule has 0 spiro atoms. The van der Waals surface area contributed by atoms with E-state index in [0.29, 0.717) is 0 Å². The number of hydrogen-bond acceptors (Lipinski definition) is 3. The molecule has 0 bridgehead atoms. The van der Waals surface area contributed by atoms with Gasteiger partial charge in [-0.25, -0.2) is 9.59 Å². The number of carbonyl (C=O) groups excluding carboxylic acids is 1. The Labute approximate surface area is 64.2 Å². The number of aliphatic carboxylic acids is 1. The highest BCUT2D eigenvalue weighted by atomic mass is 16.6. The molecular formula is C7H10O4. The van der Waals surface area contributed by atoms with Gasteiger partial charge < -0.3 is 9.84 Å². The van der Waals surface area contributed by atoms with Crippen molar-refractivity contribution in [2.45, 2.75) is 31.8 Å². The van der Waals surface area contributed by atoms with Crippen molar-refractivity contribution in [3.63, 3.8) is 0 Å². The summed E-state index contributed by atoms with van der Waals surface area (Å²) in [4.78, 5) is 20.6. The van der Waals surface area contributed by atoms with Gasteiger partial charge in [-0.15, -0.1) is 0 Å². The van der Waals surface area contributed by atoms with Crippen LogP contribution >= 0.6 is 0 Å². The van der Waals surface area contributed by atoms with Crippen LogP contribution in [0.4, 0.5) is 0 Å². The van der Waals surface area contributed by atoms with Crippen LogP contribution in [-0.2, 0) is 14.3 Å². The maximum atomic E-state index is 10.5. The predicted octanol–water partition coefficient (Wildman–Crippen LogP) is 0.557. The highest BCUT2D eigenvalue weighted by molar-refractivity contribution is 6.28. The molecule has 0 amide bonds. The third-order valence-electron chi connectivity index (χ3n) is 1.92. The summed E-state index contributed by atoms with van der Waals surface area (Å²) in [6.45, 7) is 1.75. The van der Waals surface area contributed by atoms with Crippen molar-refractivity contribution in [3.05, 3.63) is 0 Å². The number of carbonyl (C=O) groups is 2. The summed E-state index contributed by atoms with van der Waals surface area (Å²) >= 11 is 0. The Morgan fingerprint density at radius 1 is 1.45 bits per heavy atom. The summed E-state index contributed by atoms with van der Waals surface area (Å²) in [6.07, 6.45) is 2.54. The molecule has 0 unspecified atom stereocenters. The molecule has 1 saturated carbocycles. The van der Waals surface area contributed by atoms with E-state index in [1.165, 1.54) is 0 Å². The van der Waals surface area contributed by atoms with Crippen LogP contribution in [0.5, 0.6) is 0 Å². The molecule has 0 aromatic heterocycles. The summed E-state index contributed by atoms with van der Waals surface area (Å²) in [6, 6.07) is 0. The van der Waals surface area contributed by atoms with E-state index >= 15 is 0 Å². The lowest BCUT2D eigenvalue weighted by Gasteiger charge is -2.36. The number of hydrogen-bond donors (Lipinski definition) is 1. The van der Waals surface area contributed by atoms with Crippen molar-refractivity contribution >= 4 is 11.9 Å². The van der Waals surface area contributed by atoms with Gasteiger partial charge in [-0.2, -0.15) is 0 Å². The summed E-state index contributed by atoms with van der Waals surface area (Å²) in [5, 5.41) is 8.19. The SMILES string of the molecule is CC1(OC(=O)C(=O)O)CCC1. The molecule has 0 atom stereocenters. The van der Waals surface area contributed by atoms with Crippen molar-refractivity contribution in [2.75, 3.05) is 0 Å². The first kappa shape index (κ1) is 8.04. The van der Waals surface area contributed by atoms with Gasteiger partial charge in [-0.1, -0.05) is 0 Å². The zero-order valence-corrected chi connectivity index (χ0v) is 6.29. The zero-order valence-electron chi connectivity index (χ0n) is 6.29. The van der Waals surface area contributed by atoms with Gasteiger partial charge in [-0.05, 0) is 26.2 Å². The Kier molecular flexibility index (Phi) is 1.85. The Hall–Kier alpha value is -1.06. The quantitative estimate of drug-likeness (QED) is 0.447. The molecule has 0 saturated heterocycles. The van der Waals surface area contributed by atoms with Gasteiger partial charge in [0.15, 0.2) is 0 Å². The van der Waals surface area contributed by atoms with E-state index in [-0.39, 0.29) is 0 Å². The molecule has 0 heterocycles. The normalized spacial score (nSPS) is 20.1. The second-order valence-electron chi connectivity index (χ2n) is 3.00. The van der Waals surface area contributed by atoms with Crippen molar-refractivity contribution in [1.29, 1.82) is 0 Å². The Morgan fingerprint density at radius 3 is 2.27 bits per heavy atom. The van der Waals surface area contributed by atoms with E-state index in [0.717, 1.165) is 19.3 Å². The topological polar surface area (TPSA) is 63.6 Å². The fraction of sp³-hybridized carbons (Fsp3) is 0.714. The Balaban J connectivity index is 2.41. The zero-order chi connectivity index (χ0) is 8.48. The van der Waals surface area contributed by atoms with Crippen LogP contribution in [0.2, 0.25) is 0 Å². The molecule has 1 aliphatic carbocycles. The minimum Gasteiger partial charge on any atom is -0.473 e. The molecule has 1 rings (SSSR count). The molecular weight excluding hydrogens is 148 g/mol. The molecule has 0 aromatic carbocycles. The molecule has 0 aliphatic heterocycles. The van der Waals surface area contributed by atoms with Gasteiger partial charge in [0, 0.05) is 0 Å². The molecule has 1 aliphatic rings. The molecule has 1 N–H and O–H groups in total. The van der Waals surface area contributed by atoms with Crippen LogP contribution in [-0.4, -0.2) is 22.6 Å². The van der Waals surface area contributed by atoms with Crippen LogP contribution in [0.1, 0.15) is 26.2 Å². The molecule has 0 aromatic rings. The first-order valence-electron chi connectivity index (χ1n) is 3.50. The van der Waals surface area contributed by atoms with Gasteiger partial charge in [0.2, 0.25) is 0 Å². The molecule has 4 nitrogen and oxygen atoms in total. The van der Waals surface area contributed by atoms with Crippen molar-refractivity contribution in [1.82, 2.24) is 0 Å². The highest BCUT2D eigenvalue weighted by Crippen LogP contribution is 2.34. The minimum absolute atomic E-state index is 0.504. The van der Waals surface area contributed by atoms with Crippen LogP contribution in [0.15, 0.2) is 0 Å². The largest absolute Gasteiger partial charge is 0.473 e. The van der Waals surface area contributed by atoms with E-state index < -0.39 is 17.5 Å². The van der Waals surface area contributed by atoms with Gasteiger partial charge in [0.05, 0.1) is 0 Å². The van der Waals surface area contributed by atoms with Crippen LogP contribution < -0.4 is 0 Å². The Morgan fingerprint density at radius 2 is 2.00 bits per heavy atom. The standard InChI is InChI=1S/C7H10O4/c1-7(3-2-4-7)11-6(10)5(8)9/h2-4H2,1H3,(H,8,9). The summed E-state index contributed by atoms with van der Waals surface area (Å²) in [7, 11) is 0. The summed E-state index contributed by atoms with van der Waals surface area (Å²) < 4.78 is 4.70. The number of rotatable bonds is 1. The number of esters is 1. The van der Waals surface area contributed by atoms with Crippen molar-refractivity contribution < 1.29 is 19.4 Å². The monoisotopic (exact) mass is 158 g/mol. The van der Waals surface area contributed by atoms with Crippen LogP contribution in [0, 0.1) is 0 Å². The molecule has 0 radical (unpaired) electrons. The van der Waals surface area contributed by atoms with Gasteiger partial charge >= 0.3 is 11.9 Å². The summed E-state index contributed by atoms with van der Waals surface area (Å²) in [5.41, 5.74) is -0.504. The average molecular weight is 158 g/mol. The fourth-order valence-electron chi connectivity index (χ4n) is 1.04. The third kappa shape index (κ3) is 1.69. The lowest BCUT2D eigenvalue weighted by atomic mass is 9.82. The van der Waals surface area contributed by atoms with Crippen LogP contribution in [0.3, 0.4) is 0 Å². The van der Waals surface area contributed by atoms with E-state index in [1.54, 1.807) is 6.92 Å². The van der Waals surface area contributed by atoms with Gasteiger partial charge in [0.1, 0.15) is 5.60 Å². The maximum absolute atomic E-state index is 10.5. The Bertz CT molecular complexity index is 193. The van der Waals surface area contributed by atoms with E-state index in [1.807, 2.05) is 0 Å². The minimum atomic E-state index is -1.52. The molecule has 62 valence electrons. The predicted molar refractivity (Wildman–Crippen MR) is 36.0 cm³/mol. The number of carboxylic acids is 1. The van der Waals surface area contributed by atoms with Gasteiger partial charge in [-0.3, -0.25) is 0 Å². The van der Waals surface area contributed by atoms with Gasteiger partial charge in [0.25, 0.3) is 0 Å². The first-order chi connectivity index (χ1) is 5.03. The second-order valence-corrected chi connectivity index (χ2v) is 3.00. The average Bonchev–Trinajstić information content (AvgIpc) is 1.84. The molecule has 1 fully saturated rings. The molecule has 4 heteroatoms. The lowest BCUT2D eigenvalue weighted by molar-refractivity contribution is -0.179.